The Morgan fingerprint density at radius 2 is 1.80 bits per heavy atom. The molecule has 6 rings (SSSR count). The van der Waals surface area contributed by atoms with Crippen LogP contribution in [-0.2, 0) is 24.4 Å². The first-order valence-corrected chi connectivity index (χ1v) is 13.5. The summed E-state index contributed by atoms with van der Waals surface area (Å²) < 4.78 is 11.8. The SMILES string of the molecule is COc1ccc(N2Cc3ccc(CN4Cc5cnc(NCC(N)=O)cc5C4=O)cc3C2=O)cc1OC1CCCC1. The lowest BCUT2D eigenvalue weighted by atomic mass is 10.1. The molecule has 1 aromatic heterocycles. The molecule has 3 N–H and O–H groups in total. The summed E-state index contributed by atoms with van der Waals surface area (Å²) in [6, 6.07) is 13.1. The number of hydrogen-bond donors (Lipinski definition) is 2. The van der Waals surface area contributed by atoms with Crippen LogP contribution in [-0.4, -0.2) is 47.4 Å². The van der Waals surface area contributed by atoms with Crippen molar-refractivity contribution >= 4 is 29.2 Å². The quantitative estimate of drug-likeness (QED) is 0.424. The highest BCUT2D eigenvalue weighted by atomic mass is 16.5. The maximum atomic E-state index is 13.5. The molecule has 206 valence electrons. The van der Waals surface area contributed by atoms with Crippen LogP contribution in [0.2, 0.25) is 0 Å². The molecule has 10 nitrogen and oxygen atoms in total. The molecule has 0 bridgehead atoms. The fourth-order valence-corrected chi connectivity index (χ4v) is 5.65. The van der Waals surface area contributed by atoms with Crippen LogP contribution in [0, 0.1) is 0 Å². The van der Waals surface area contributed by atoms with Gasteiger partial charge in [0.25, 0.3) is 11.8 Å². The van der Waals surface area contributed by atoms with Crippen LogP contribution in [0.25, 0.3) is 0 Å². The van der Waals surface area contributed by atoms with Crippen molar-refractivity contribution in [1.29, 1.82) is 0 Å². The standard InChI is InChI=1S/C30H31N5O5/c1-39-25-9-8-21(11-26(25)40-22-4-2-3-5-22)35-17-19-7-6-18(10-23(19)30(35)38)15-34-16-20-13-32-28(33-14-27(31)36)12-24(20)29(34)37/h6-13,22H,2-5,14-17H2,1H3,(H2,31,36)(H,32,33). The van der Waals surface area contributed by atoms with Gasteiger partial charge in [-0.25, -0.2) is 4.98 Å². The van der Waals surface area contributed by atoms with E-state index < -0.39 is 5.91 Å². The van der Waals surface area contributed by atoms with E-state index >= 15 is 0 Å². The number of nitrogens with one attached hydrogen (secondary N) is 1. The van der Waals surface area contributed by atoms with E-state index in [1.54, 1.807) is 29.2 Å². The number of hydrogen-bond acceptors (Lipinski definition) is 7. The van der Waals surface area contributed by atoms with Crippen LogP contribution in [0.1, 0.15) is 63.1 Å². The number of fused-ring (bicyclic) bond motifs is 2. The third-order valence-corrected chi connectivity index (χ3v) is 7.72. The van der Waals surface area contributed by atoms with Crippen molar-refractivity contribution < 1.29 is 23.9 Å². The molecule has 10 heteroatoms. The molecule has 0 atom stereocenters. The van der Waals surface area contributed by atoms with E-state index in [2.05, 4.69) is 10.3 Å². The van der Waals surface area contributed by atoms with Gasteiger partial charge in [-0.1, -0.05) is 12.1 Å². The van der Waals surface area contributed by atoms with Gasteiger partial charge in [-0.15, -0.1) is 0 Å². The number of benzene rings is 2. The van der Waals surface area contributed by atoms with Crippen molar-refractivity contribution in [3.05, 3.63) is 76.5 Å². The lowest BCUT2D eigenvalue weighted by Crippen LogP contribution is -2.24. The average molecular weight is 542 g/mol. The predicted molar refractivity (Wildman–Crippen MR) is 148 cm³/mol. The van der Waals surface area contributed by atoms with Gasteiger partial charge in [0.15, 0.2) is 11.5 Å². The van der Waals surface area contributed by atoms with E-state index in [1.165, 1.54) is 0 Å². The van der Waals surface area contributed by atoms with Gasteiger partial charge in [-0.3, -0.25) is 14.4 Å². The minimum Gasteiger partial charge on any atom is -0.493 e. The number of anilines is 2. The van der Waals surface area contributed by atoms with Gasteiger partial charge >= 0.3 is 0 Å². The first kappa shape index (κ1) is 25.7. The summed E-state index contributed by atoms with van der Waals surface area (Å²) in [5.41, 5.74) is 9.74. The molecule has 3 aliphatic rings. The van der Waals surface area contributed by atoms with Crippen LogP contribution >= 0.6 is 0 Å². The number of carbonyl (C=O) groups excluding carboxylic acids is 3. The summed E-state index contributed by atoms with van der Waals surface area (Å²) in [4.78, 5) is 45.4. The van der Waals surface area contributed by atoms with E-state index in [9.17, 15) is 14.4 Å². The zero-order chi connectivity index (χ0) is 27.8. The highest BCUT2D eigenvalue weighted by molar-refractivity contribution is 6.10. The van der Waals surface area contributed by atoms with Crippen molar-refractivity contribution in [2.45, 2.75) is 51.4 Å². The van der Waals surface area contributed by atoms with Crippen LogP contribution < -0.4 is 25.4 Å². The summed E-state index contributed by atoms with van der Waals surface area (Å²) in [6.45, 7) is 1.18. The van der Waals surface area contributed by atoms with E-state index in [0.717, 1.165) is 48.1 Å². The molecule has 2 aromatic carbocycles. The molecule has 3 heterocycles. The molecule has 2 aliphatic heterocycles. The number of methoxy groups -OCH3 is 1. The minimum atomic E-state index is -0.509. The number of pyridine rings is 1. The minimum absolute atomic E-state index is 0.0603. The van der Waals surface area contributed by atoms with Gasteiger partial charge in [0, 0.05) is 47.7 Å². The number of carbonyl (C=O) groups is 3. The molecular formula is C30H31N5O5. The third kappa shape index (κ3) is 4.92. The molecular weight excluding hydrogens is 510 g/mol. The van der Waals surface area contributed by atoms with Crippen molar-refractivity contribution in [2.75, 3.05) is 23.9 Å². The summed E-state index contributed by atoms with van der Waals surface area (Å²) in [5.74, 6) is 1.02. The highest BCUT2D eigenvalue weighted by Crippen LogP contribution is 2.38. The molecule has 1 aliphatic carbocycles. The van der Waals surface area contributed by atoms with Crippen molar-refractivity contribution in [2.24, 2.45) is 5.73 Å². The normalized spacial score (nSPS) is 16.3. The second kappa shape index (κ2) is 10.5. The Bertz CT molecular complexity index is 1500. The molecule has 1 saturated carbocycles. The highest BCUT2D eigenvalue weighted by Gasteiger charge is 2.32. The lowest BCUT2D eigenvalue weighted by molar-refractivity contribution is -0.116. The van der Waals surface area contributed by atoms with Crippen molar-refractivity contribution in [1.82, 2.24) is 9.88 Å². The van der Waals surface area contributed by atoms with E-state index in [4.69, 9.17) is 15.2 Å². The maximum absolute atomic E-state index is 13.5. The Balaban J connectivity index is 1.16. The first-order chi connectivity index (χ1) is 19.4. The molecule has 0 saturated heterocycles. The number of primary amides is 1. The van der Waals surface area contributed by atoms with Gasteiger partial charge in [-0.05, 0) is 61.1 Å². The summed E-state index contributed by atoms with van der Waals surface area (Å²) in [6.07, 6.45) is 6.19. The fraction of sp³-hybridized carbons (Fsp3) is 0.333. The zero-order valence-corrected chi connectivity index (χ0v) is 22.3. The monoisotopic (exact) mass is 541 g/mol. The second-order valence-corrected chi connectivity index (χ2v) is 10.5. The molecule has 1 fully saturated rings. The van der Waals surface area contributed by atoms with Gasteiger partial charge in [0.1, 0.15) is 5.82 Å². The molecule has 0 unspecified atom stereocenters. The summed E-state index contributed by atoms with van der Waals surface area (Å²) in [7, 11) is 1.62. The average Bonchev–Trinajstić information content (AvgIpc) is 3.66. The molecule has 3 amide bonds. The van der Waals surface area contributed by atoms with E-state index in [0.29, 0.717) is 48.1 Å². The smallest absolute Gasteiger partial charge is 0.258 e. The Hall–Kier alpha value is -4.60. The number of amides is 3. The van der Waals surface area contributed by atoms with Gasteiger partial charge in [0.2, 0.25) is 5.91 Å². The molecule has 40 heavy (non-hydrogen) atoms. The topological polar surface area (TPSA) is 127 Å². The molecule has 0 spiro atoms. The van der Waals surface area contributed by atoms with Gasteiger partial charge < -0.3 is 30.3 Å². The van der Waals surface area contributed by atoms with Gasteiger partial charge in [0.05, 0.1) is 26.3 Å². The third-order valence-electron chi connectivity index (χ3n) is 7.72. The predicted octanol–water partition coefficient (Wildman–Crippen LogP) is 3.63. The Labute approximate surface area is 232 Å². The summed E-state index contributed by atoms with van der Waals surface area (Å²) >= 11 is 0. The molecule has 0 radical (unpaired) electrons. The van der Waals surface area contributed by atoms with Crippen molar-refractivity contribution in [3.8, 4) is 11.5 Å². The number of nitrogens with two attached hydrogens (primary N) is 1. The van der Waals surface area contributed by atoms with Crippen LogP contribution in [0.5, 0.6) is 11.5 Å². The van der Waals surface area contributed by atoms with E-state index in [-0.39, 0.29) is 24.5 Å². The Morgan fingerprint density at radius 3 is 2.58 bits per heavy atom. The van der Waals surface area contributed by atoms with Gasteiger partial charge in [-0.2, -0.15) is 0 Å². The maximum Gasteiger partial charge on any atom is 0.258 e. The largest absolute Gasteiger partial charge is 0.493 e. The Kier molecular flexibility index (Phi) is 6.75. The Morgan fingerprint density at radius 1 is 1.00 bits per heavy atom. The number of aromatic nitrogens is 1. The zero-order valence-electron chi connectivity index (χ0n) is 22.3. The summed E-state index contributed by atoms with van der Waals surface area (Å²) in [5, 5.41) is 2.82. The van der Waals surface area contributed by atoms with Crippen molar-refractivity contribution in [3.63, 3.8) is 0 Å². The van der Waals surface area contributed by atoms with E-state index in [1.807, 2.05) is 36.4 Å². The fourth-order valence-electron chi connectivity index (χ4n) is 5.65. The van der Waals surface area contributed by atoms with Crippen LogP contribution in [0.4, 0.5) is 11.5 Å². The first-order valence-electron chi connectivity index (χ1n) is 13.5. The number of ether oxygens (including phenoxy) is 2. The number of rotatable bonds is 9. The molecule has 3 aromatic rings. The van der Waals surface area contributed by atoms with Crippen LogP contribution in [0.15, 0.2) is 48.7 Å². The second-order valence-electron chi connectivity index (χ2n) is 10.5. The van der Waals surface area contributed by atoms with Crippen LogP contribution in [0.3, 0.4) is 0 Å². The lowest BCUT2D eigenvalue weighted by Gasteiger charge is -2.20. The number of nitrogens with zero attached hydrogens (tertiary/aromatic N) is 3.